The van der Waals surface area contributed by atoms with Gasteiger partial charge in [0.25, 0.3) is 0 Å². The molecule has 3 rings (SSSR count). The summed E-state index contributed by atoms with van der Waals surface area (Å²) >= 11 is 0. The van der Waals surface area contributed by atoms with Gasteiger partial charge in [0.05, 0.1) is 34.6 Å². The van der Waals surface area contributed by atoms with E-state index in [9.17, 15) is 12.8 Å². The van der Waals surface area contributed by atoms with Crippen LogP contribution >= 0.6 is 0 Å². The van der Waals surface area contributed by atoms with Gasteiger partial charge in [-0.2, -0.15) is 0 Å². The molecule has 1 aromatic carbocycles. The van der Waals surface area contributed by atoms with Crippen LogP contribution in [0.15, 0.2) is 36.8 Å². The number of hydrogen-bond donors (Lipinski definition) is 2. The summed E-state index contributed by atoms with van der Waals surface area (Å²) in [6.07, 6.45) is 4.57. The van der Waals surface area contributed by atoms with Crippen LogP contribution in [0.25, 0.3) is 11.3 Å². The quantitative estimate of drug-likeness (QED) is 0.592. The fourth-order valence-corrected chi connectivity index (χ4v) is 3.55. The van der Waals surface area contributed by atoms with Crippen LogP contribution in [0.4, 0.5) is 10.1 Å². The molecule has 0 bridgehead atoms. The van der Waals surface area contributed by atoms with E-state index in [1.54, 1.807) is 31.3 Å². The smallest absolute Gasteiger partial charge is 0.229 e. The Morgan fingerprint density at radius 3 is 2.61 bits per heavy atom. The van der Waals surface area contributed by atoms with Crippen LogP contribution in [-0.4, -0.2) is 29.6 Å². The molecule has 2 heterocycles. The predicted molar refractivity (Wildman–Crippen MR) is 118 cm³/mol. The highest BCUT2D eigenvalue weighted by Crippen LogP contribution is 2.27. The second-order valence-electron chi connectivity index (χ2n) is 6.90. The Labute approximate surface area is 181 Å². The first-order valence-electron chi connectivity index (χ1n) is 9.51. The first-order valence-corrected chi connectivity index (χ1v) is 11.4. The van der Waals surface area contributed by atoms with Gasteiger partial charge in [0.2, 0.25) is 10.0 Å². The van der Waals surface area contributed by atoms with Crippen molar-refractivity contribution in [3.8, 4) is 23.1 Å². The largest absolute Gasteiger partial charge is 0.326 e. The van der Waals surface area contributed by atoms with Crippen LogP contribution in [-0.2, 0) is 23.0 Å². The zero-order valence-electron chi connectivity index (χ0n) is 17.4. The van der Waals surface area contributed by atoms with Crippen LogP contribution in [0.3, 0.4) is 0 Å². The molecule has 0 spiro atoms. The Hall–Kier alpha value is -3.35. The van der Waals surface area contributed by atoms with Gasteiger partial charge in [0.1, 0.15) is 12.1 Å². The average Bonchev–Trinajstić information content (AvgIpc) is 2.73. The summed E-state index contributed by atoms with van der Waals surface area (Å²) in [6, 6.07) is 6.24. The number of rotatable bonds is 5. The molecule has 0 fully saturated rings. The highest BCUT2D eigenvalue weighted by Gasteiger charge is 2.15. The molecule has 0 aliphatic carbocycles. The monoisotopic (exact) mass is 439 g/mol. The number of halogens is 1. The van der Waals surface area contributed by atoms with Gasteiger partial charge >= 0.3 is 0 Å². The summed E-state index contributed by atoms with van der Waals surface area (Å²) in [6.45, 7) is 3.88. The lowest BCUT2D eigenvalue weighted by atomic mass is 10.0. The van der Waals surface area contributed by atoms with Gasteiger partial charge in [-0.05, 0) is 37.1 Å². The van der Waals surface area contributed by atoms with Crippen molar-refractivity contribution in [3.05, 3.63) is 70.7 Å². The van der Waals surface area contributed by atoms with E-state index in [0.29, 0.717) is 45.9 Å². The molecule has 0 unspecified atom stereocenters. The van der Waals surface area contributed by atoms with E-state index in [-0.39, 0.29) is 6.54 Å². The van der Waals surface area contributed by atoms with E-state index < -0.39 is 15.8 Å². The van der Waals surface area contributed by atoms with Crippen molar-refractivity contribution in [3.63, 3.8) is 0 Å². The minimum Gasteiger partial charge on any atom is -0.326 e. The lowest BCUT2D eigenvalue weighted by Crippen LogP contribution is -2.11. The molecule has 0 radical (unpaired) electrons. The van der Waals surface area contributed by atoms with E-state index in [1.807, 2.05) is 6.92 Å². The molecule has 0 aliphatic rings. The predicted octanol–water partition coefficient (Wildman–Crippen LogP) is 2.78. The summed E-state index contributed by atoms with van der Waals surface area (Å²) in [5.74, 6) is 5.57. The van der Waals surface area contributed by atoms with Crippen LogP contribution in [0.2, 0.25) is 0 Å². The summed E-state index contributed by atoms with van der Waals surface area (Å²) in [7, 11) is -3.46. The maximum Gasteiger partial charge on any atom is 0.229 e. The molecule has 0 aliphatic heterocycles. The van der Waals surface area contributed by atoms with Gasteiger partial charge in [0.15, 0.2) is 0 Å². The van der Waals surface area contributed by atoms with Crippen LogP contribution in [0, 0.1) is 24.6 Å². The van der Waals surface area contributed by atoms with Crippen molar-refractivity contribution in [2.45, 2.75) is 26.8 Å². The molecule has 9 heteroatoms. The molecule has 3 N–H and O–H groups in total. The van der Waals surface area contributed by atoms with Crippen LogP contribution in [0.1, 0.15) is 35.0 Å². The fourth-order valence-electron chi connectivity index (χ4n) is 2.95. The molecular weight excluding hydrogens is 417 g/mol. The van der Waals surface area contributed by atoms with Gasteiger partial charge < -0.3 is 5.73 Å². The van der Waals surface area contributed by atoms with Gasteiger partial charge in [-0.3, -0.25) is 9.71 Å². The third-order valence-electron chi connectivity index (χ3n) is 4.50. The molecule has 7 nitrogen and oxygen atoms in total. The number of benzene rings is 1. The first kappa shape index (κ1) is 22.3. The minimum absolute atomic E-state index is 0.269. The number of pyridine rings is 1. The normalized spacial score (nSPS) is 11.0. The zero-order valence-corrected chi connectivity index (χ0v) is 18.2. The number of aryl methyl sites for hydroxylation is 2. The Morgan fingerprint density at radius 2 is 1.94 bits per heavy atom. The third kappa shape index (κ3) is 5.42. The van der Waals surface area contributed by atoms with Crippen molar-refractivity contribution >= 4 is 15.7 Å². The van der Waals surface area contributed by atoms with Gasteiger partial charge in [-0.25, -0.2) is 22.8 Å². The molecule has 0 atom stereocenters. The van der Waals surface area contributed by atoms with Crippen molar-refractivity contribution in [1.82, 2.24) is 15.0 Å². The summed E-state index contributed by atoms with van der Waals surface area (Å²) in [5, 5.41) is 0. The zero-order chi connectivity index (χ0) is 22.6. The highest BCUT2D eigenvalue weighted by molar-refractivity contribution is 7.92. The van der Waals surface area contributed by atoms with Crippen molar-refractivity contribution in [2.24, 2.45) is 5.73 Å². The standard InChI is InChI=1S/C22H22FN5O2S/c1-4-20-17(7-5-16-10-21(14(2)25-12-16)28-31(3,29)30)22(27-13-26-20)18-9-15(11-24)6-8-19(18)23/h6,8-10,12-13,28H,4,11,24H2,1-3H3. The number of nitrogens with zero attached hydrogens (tertiary/aromatic N) is 3. The molecule has 160 valence electrons. The molecule has 3 aromatic rings. The average molecular weight is 440 g/mol. The Balaban J connectivity index is 2.12. The fraction of sp³-hybridized carbons (Fsp3) is 0.227. The summed E-state index contributed by atoms with van der Waals surface area (Å²) in [5.41, 5.74) is 9.67. The Bertz CT molecular complexity index is 1300. The third-order valence-corrected chi connectivity index (χ3v) is 5.09. The molecule has 2 aromatic heterocycles. The van der Waals surface area contributed by atoms with E-state index in [4.69, 9.17) is 5.73 Å². The highest BCUT2D eigenvalue weighted by atomic mass is 32.2. The summed E-state index contributed by atoms with van der Waals surface area (Å²) < 4.78 is 40.2. The minimum atomic E-state index is -3.46. The van der Waals surface area contributed by atoms with Crippen LogP contribution < -0.4 is 10.5 Å². The second-order valence-corrected chi connectivity index (χ2v) is 8.65. The molecule has 0 saturated carbocycles. The molecule has 0 amide bonds. The second kappa shape index (κ2) is 9.20. The maximum absolute atomic E-state index is 14.6. The SMILES string of the molecule is CCc1ncnc(-c2cc(CN)ccc2F)c1C#Cc1cnc(C)c(NS(C)(=O)=O)c1. The first-order chi connectivity index (χ1) is 14.7. The molecule has 31 heavy (non-hydrogen) atoms. The van der Waals surface area contributed by atoms with E-state index in [1.165, 1.54) is 12.4 Å². The molecular formula is C22H22FN5O2S. The number of sulfonamides is 1. The van der Waals surface area contributed by atoms with Crippen LogP contribution in [0.5, 0.6) is 0 Å². The Morgan fingerprint density at radius 1 is 1.16 bits per heavy atom. The Kier molecular flexibility index (Phi) is 6.63. The van der Waals surface area contributed by atoms with Crippen molar-refractivity contribution in [2.75, 3.05) is 11.0 Å². The van der Waals surface area contributed by atoms with Gasteiger partial charge in [0, 0.05) is 23.9 Å². The van der Waals surface area contributed by atoms with Crippen molar-refractivity contribution < 1.29 is 12.8 Å². The number of hydrogen-bond acceptors (Lipinski definition) is 6. The van der Waals surface area contributed by atoms with E-state index in [2.05, 4.69) is 31.5 Å². The van der Waals surface area contributed by atoms with Gasteiger partial charge in [-0.1, -0.05) is 24.8 Å². The lowest BCUT2D eigenvalue weighted by Gasteiger charge is -2.10. The topological polar surface area (TPSA) is 111 Å². The van der Waals surface area contributed by atoms with E-state index in [0.717, 1.165) is 11.8 Å². The molecule has 0 saturated heterocycles. The number of nitrogens with two attached hydrogens (primary N) is 1. The van der Waals surface area contributed by atoms with E-state index >= 15 is 0 Å². The maximum atomic E-state index is 14.6. The number of aromatic nitrogens is 3. The van der Waals surface area contributed by atoms with Gasteiger partial charge in [-0.15, -0.1) is 0 Å². The lowest BCUT2D eigenvalue weighted by molar-refractivity contribution is 0.606. The number of nitrogens with one attached hydrogen (secondary N) is 1. The van der Waals surface area contributed by atoms with Crippen molar-refractivity contribution in [1.29, 1.82) is 0 Å². The number of anilines is 1. The summed E-state index contributed by atoms with van der Waals surface area (Å²) in [4.78, 5) is 12.8.